The Morgan fingerprint density at radius 3 is 3.00 bits per heavy atom. The lowest BCUT2D eigenvalue weighted by Gasteiger charge is -2.17. The van der Waals surface area contributed by atoms with E-state index in [4.69, 9.17) is 5.11 Å². The molecule has 0 bridgehead atoms. The molecule has 1 amide bonds. The van der Waals surface area contributed by atoms with Crippen molar-refractivity contribution in [3.63, 3.8) is 0 Å². The molecule has 3 heteroatoms. The third-order valence-corrected chi connectivity index (χ3v) is 1.55. The molecule has 1 heterocycles. The van der Waals surface area contributed by atoms with Crippen molar-refractivity contribution >= 4 is 5.91 Å². The minimum atomic E-state index is -0.0142. The van der Waals surface area contributed by atoms with E-state index < -0.39 is 0 Å². The Bertz CT molecular complexity index is 104. The van der Waals surface area contributed by atoms with Crippen molar-refractivity contribution in [2.45, 2.75) is 12.8 Å². The van der Waals surface area contributed by atoms with E-state index in [0.29, 0.717) is 13.0 Å². The van der Waals surface area contributed by atoms with Crippen LogP contribution in [0.15, 0.2) is 0 Å². The van der Waals surface area contributed by atoms with E-state index in [1.54, 1.807) is 0 Å². The first-order valence-corrected chi connectivity index (χ1v) is 3.14. The van der Waals surface area contributed by atoms with E-state index in [1.165, 1.54) is 0 Å². The number of carbonyl (C=O) groups is 1. The van der Waals surface area contributed by atoms with Crippen molar-refractivity contribution in [1.29, 1.82) is 0 Å². The summed E-state index contributed by atoms with van der Waals surface area (Å²) in [6, 6.07) is 0. The molecule has 0 aromatic heterocycles. The van der Waals surface area contributed by atoms with Gasteiger partial charge in [0.25, 0.3) is 0 Å². The number of aliphatic hydroxyl groups excluding tert-OH is 1. The fourth-order valence-corrected chi connectivity index (χ4v) is 0.878. The van der Waals surface area contributed by atoms with Gasteiger partial charge in [-0.25, -0.2) is 0 Å². The highest BCUT2D eigenvalue weighted by atomic mass is 16.3. The number of piperidine rings is 1. The van der Waals surface area contributed by atoms with E-state index in [9.17, 15) is 4.79 Å². The fraction of sp³-hybridized carbons (Fsp3) is 0.833. The predicted molar refractivity (Wildman–Crippen MR) is 31.8 cm³/mol. The topological polar surface area (TPSA) is 51.4 Å². The monoisotopic (exact) mass is 128 g/mol. The first-order valence-electron chi connectivity index (χ1n) is 3.14. The third kappa shape index (κ3) is 1.68. The molecule has 1 N–H and O–H groups in total. The van der Waals surface area contributed by atoms with Crippen molar-refractivity contribution in [3.05, 3.63) is 0 Å². The third-order valence-electron chi connectivity index (χ3n) is 1.55. The molecule has 0 aromatic rings. The summed E-state index contributed by atoms with van der Waals surface area (Å²) >= 11 is 0. The molecule has 1 fully saturated rings. The zero-order chi connectivity index (χ0) is 6.69. The molecule has 1 rings (SSSR count). The summed E-state index contributed by atoms with van der Waals surface area (Å²) in [4.78, 5) is 10.5. The number of rotatable bonds is 1. The highest BCUT2D eigenvalue weighted by molar-refractivity contribution is 5.76. The Labute approximate surface area is 54.1 Å². The summed E-state index contributed by atoms with van der Waals surface area (Å²) in [5.41, 5.74) is 0. The second kappa shape index (κ2) is 2.82. The molecule has 3 nitrogen and oxygen atoms in total. The van der Waals surface area contributed by atoms with E-state index >= 15 is 0 Å². The van der Waals surface area contributed by atoms with Gasteiger partial charge in [-0.1, -0.05) is 0 Å². The molecule has 1 saturated heterocycles. The van der Waals surface area contributed by atoms with Gasteiger partial charge in [-0.3, -0.25) is 10.1 Å². The number of nitrogens with zero attached hydrogens (tertiary/aromatic N) is 1. The highest BCUT2D eigenvalue weighted by Gasteiger charge is 2.17. The molecule has 0 spiro atoms. The minimum absolute atomic E-state index is 0.0142. The summed E-state index contributed by atoms with van der Waals surface area (Å²) in [6.07, 6.45) is 1.32. The van der Waals surface area contributed by atoms with Gasteiger partial charge in [-0.2, -0.15) is 0 Å². The van der Waals surface area contributed by atoms with Crippen LogP contribution in [0.25, 0.3) is 0 Å². The van der Waals surface area contributed by atoms with Gasteiger partial charge in [-0.05, 0) is 6.42 Å². The number of hydrogen-bond acceptors (Lipinski definition) is 2. The maximum Gasteiger partial charge on any atom is 0.241 e. The van der Waals surface area contributed by atoms with Crippen molar-refractivity contribution in [3.8, 4) is 0 Å². The lowest BCUT2D eigenvalue weighted by molar-refractivity contribution is -0.123. The maximum atomic E-state index is 10.5. The van der Waals surface area contributed by atoms with Gasteiger partial charge in [0.2, 0.25) is 5.91 Å². The molecule has 1 unspecified atom stereocenters. The van der Waals surface area contributed by atoms with Gasteiger partial charge in [0.15, 0.2) is 0 Å². The van der Waals surface area contributed by atoms with Crippen LogP contribution in [-0.4, -0.2) is 24.2 Å². The van der Waals surface area contributed by atoms with Gasteiger partial charge >= 0.3 is 0 Å². The van der Waals surface area contributed by atoms with Crippen molar-refractivity contribution in [1.82, 2.24) is 5.32 Å². The predicted octanol–water partition coefficient (Wildman–Crippen LogP) is -0.480. The Morgan fingerprint density at radius 2 is 2.56 bits per heavy atom. The van der Waals surface area contributed by atoms with Crippen LogP contribution in [0.1, 0.15) is 12.8 Å². The Kier molecular flexibility index (Phi) is 2.05. The van der Waals surface area contributed by atoms with Gasteiger partial charge in [0.1, 0.15) is 0 Å². The summed E-state index contributed by atoms with van der Waals surface area (Å²) in [5, 5.41) is 12.3. The van der Waals surface area contributed by atoms with Crippen LogP contribution < -0.4 is 5.32 Å². The Morgan fingerprint density at radius 1 is 1.78 bits per heavy atom. The molecular formula is C6H10NO2. The second-order valence-electron chi connectivity index (χ2n) is 2.32. The Hall–Kier alpha value is -0.570. The van der Waals surface area contributed by atoms with E-state index in [1.807, 2.05) is 0 Å². The summed E-state index contributed by atoms with van der Waals surface area (Å²) in [5.74, 6) is 0.224. The number of carbonyl (C=O) groups excluding carboxylic acids is 1. The minimum Gasteiger partial charge on any atom is -0.396 e. The molecular weight excluding hydrogens is 118 g/mol. The van der Waals surface area contributed by atoms with Gasteiger partial charge < -0.3 is 5.11 Å². The largest absolute Gasteiger partial charge is 0.396 e. The van der Waals surface area contributed by atoms with Crippen molar-refractivity contribution in [2.75, 3.05) is 13.2 Å². The van der Waals surface area contributed by atoms with Gasteiger partial charge in [0.05, 0.1) is 0 Å². The van der Waals surface area contributed by atoms with Gasteiger partial charge in [0, 0.05) is 25.5 Å². The average Bonchev–Trinajstić information content (AvgIpc) is 1.90. The van der Waals surface area contributed by atoms with Crippen molar-refractivity contribution < 1.29 is 9.90 Å². The first kappa shape index (κ1) is 6.55. The van der Waals surface area contributed by atoms with Crippen LogP contribution in [0.5, 0.6) is 0 Å². The number of aliphatic hydroxyl groups is 1. The maximum absolute atomic E-state index is 10.5. The van der Waals surface area contributed by atoms with E-state index in [-0.39, 0.29) is 18.4 Å². The lowest BCUT2D eigenvalue weighted by atomic mass is 10.0. The number of hydrogen-bond donors (Lipinski definition) is 1. The van der Waals surface area contributed by atoms with Crippen LogP contribution in [0.2, 0.25) is 0 Å². The standard InChI is InChI=1S/C6H10NO2/c8-4-5-1-2-6(9)7-3-5/h5,8H,1-4H2. The molecule has 0 aliphatic carbocycles. The normalized spacial score (nSPS) is 27.7. The van der Waals surface area contributed by atoms with Crippen LogP contribution in [0, 0.1) is 5.92 Å². The van der Waals surface area contributed by atoms with Crippen LogP contribution in [0.3, 0.4) is 0 Å². The SMILES string of the molecule is O=C1CCC(CO)C[N]1. The lowest BCUT2D eigenvalue weighted by Crippen LogP contribution is -2.30. The van der Waals surface area contributed by atoms with Gasteiger partial charge in [-0.15, -0.1) is 0 Å². The fourth-order valence-electron chi connectivity index (χ4n) is 0.878. The second-order valence-corrected chi connectivity index (χ2v) is 2.32. The first-order chi connectivity index (χ1) is 4.33. The molecule has 9 heavy (non-hydrogen) atoms. The average molecular weight is 128 g/mol. The Balaban J connectivity index is 2.26. The summed E-state index contributed by atoms with van der Waals surface area (Å²) in [6.45, 7) is 0.687. The molecule has 1 aliphatic rings. The smallest absolute Gasteiger partial charge is 0.241 e. The molecule has 1 atom stereocenters. The van der Waals surface area contributed by atoms with E-state index in [2.05, 4.69) is 5.32 Å². The van der Waals surface area contributed by atoms with E-state index in [0.717, 1.165) is 6.42 Å². The molecule has 0 saturated carbocycles. The zero-order valence-corrected chi connectivity index (χ0v) is 5.21. The molecule has 0 aromatic carbocycles. The quantitative estimate of drug-likeness (QED) is 0.518. The molecule has 51 valence electrons. The summed E-state index contributed by atoms with van der Waals surface area (Å²) in [7, 11) is 0. The summed E-state index contributed by atoms with van der Waals surface area (Å²) < 4.78 is 0. The highest BCUT2D eigenvalue weighted by Crippen LogP contribution is 2.09. The van der Waals surface area contributed by atoms with Crippen LogP contribution in [-0.2, 0) is 4.79 Å². The van der Waals surface area contributed by atoms with Crippen LogP contribution in [0.4, 0.5) is 0 Å². The zero-order valence-electron chi connectivity index (χ0n) is 5.21. The van der Waals surface area contributed by atoms with Crippen molar-refractivity contribution in [2.24, 2.45) is 5.92 Å². The van der Waals surface area contributed by atoms with Crippen LogP contribution >= 0.6 is 0 Å². The molecule has 1 radical (unpaired) electrons. The molecule has 1 aliphatic heterocycles. The number of amides is 1.